The molecular formula is C21H22N4O5S. The van der Waals surface area contributed by atoms with Gasteiger partial charge < -0.3 is 9.73 Å². The normalized spacial score (nSPS) is 13.9. The summed E-state index contributed by atoms with van der Waals surface area (Å²) in [7, 11) is -3.75. The zero-order valence-electron chi connectivity index (χ0n) is 16.7. The molecule has 0 unspecified atom stereocenters. The molecule has 2 heterocycles. The number of para-hydroxylation sites is 2. The van der Waals surface area contributed by atoms with Gasteiger partial charge in [-0.2, -0.15) is 0 Å². The number of fused-ring (bicyclic) bond motifs is 1. The first-order valence-corrected chi connectivity index (χ1v) is 11.5. The highest BCUT2D eigenvalue weighted by molar-refractivity contribution is 7.90. The van der Waals surface area contributed by atoms with Crippen LogP contribution in [0.25, 0.3) is 11.1 Å². The number of carbonyl (C=O) groups is 1. The smallest absolute Gasteiger partial charge is 0.408 e. The number of anilines is 1. The van der Waals surface area contributed by atoms with E-state index in [-0.39, 0.29) is 17.2 Å². The number of aromatic nitrogens is 1. The van der Waals surface area contributed by atoms with Crippen molar-refractivity contribution in [1.29, 1.82) is 0 Å². The van der Waals surface area contributed by atoms with E-state index >= 15 is 0 Å². The minimum atomic E-state index is -3.75. The number of hydrogen-bond acceptors (Lipinski definition) is 6. The number of sulfonamides is 1. The van der Waals surface area contributed by atoms with Crippen LogP contribution in [-0.4, -0.2) is 31.3 Å². The van der Waals surface area contributed by atoms with Crippen molar-refractivity contribution in [3.63, 3.8) is 0 Å². The van der Waals surface area contributed by atoms with E-state index in [9.17, 15) is 18.0 Å². The van der Waals surface area contributed by atoms with Crippen molar-refractivity contribution < 1.29 is 17.6 Å². The number of aliphatic imine (C=N–C) groups is 1. The van der Waals surface area contributed by atoms with E-state index in [2.05, 4.69) is 15.0 Å². The van der Waals surface area contributed by atoms with Gasteiger partial charge in [-0.15, -0.1) is 0 Å². The summed E-state index contributed by atoms with van der Waals surface area (Å²) in [5, 5.41) is 2.71. The van der Waals surface area contributed by atoms with Crippen LogP contribution >= 0.6 is 0 Å². The molecule has 1 aliphatic rings. The van der Waals surface area contributed by atoms with Gasteiger partial charge in [-0.05, 0) is 43.2 Å². The predicted molar refractivity (Wildman–Crippen MR) is 117 cm³/mol. The second kappa shape index (κ2) is 8.76. The molecule has 0 saturated carbocycles. The van der Waals surface area contributed by atoms with Crippen molar-refractivity contribution in [3.05, 3.63) is 59.1 Å². The Morgan fingerprint density at radius 2 is 2.00 bits per heavy atom. The highest BCUT2D eigenvalue weighted by Crippen LogP contribution is 2.17. The van der Waals surface area contributed by atoms with Gasteiger partial charge in [-0.25, -0.2) is 13.2 Å². The quantitative estimate of drug-likeness (QED) is 0.582. The highest BCUT2D eigenvalue weighted by atomic mass is 32.2. The SMILES string of the molecule is O=C(CCCn1c(=O)oc2ccccc21)Nc1cccc(S(=O)(=O)NC2=NCCC2)c1. The number of aryl methyl sites for hydroxylation is 1. The maximum absolute atomic E-state index is 12.5. The summed E-state index contributed by atoms with van der Waals surface area (Å²) in [6.45, 7) is 0.957. The third-order valence-corrected chi connectivity index (χ3v) is 6.29. The molecule has 0 fully saturated rings. The topological polar surface area (TPSA) is 123 Å². The first-order chi connectivity index (χ1) is 14.9. The van der Waals surface area contributed by atoms with Crippen LogP contribution < -0.4 is 15.8 Å². The standard InChI is InChI=1S/C21H22N4O5S/c26-20(11-5-13-25-17-8-1-2-9-18(17)30-21(25)27)23-15-6-3-7-16(14-15)31(28,29)24-19-10-4-12-22-19/h1-3,6-9,14H,4-5,10-13H2,(H,22,24)(H,23,26). The monoisotopic (exact) mass is 442 g/mol. The van der Waals surface area contributed by atoms with Gasteiger partial charge in [0, 0.05) is 31.6 Å². The lowest BCUT2D eigenvalue weighted by atomic mass is 10.2. The van der Waals surface area contributed by atoms with E-state index in [1.165, 1.54) is 16.7 Å². The van der Waals surface area contributed by atoms with Crippen molar-refractivity contribution in [2.45, 2.75) is 37.1 Å². The zero-order chi connectivity index (χ0) is 21.8. The van der Waals surface area contributed by atoms with Gasteiger partial charge in [0.1, 0.15) is 5.84 Å². The molecule has 0 radical (unpaired) electrons. The lowest BCUT2D eigenvalue weighted by Crippen LogP contribution is -2.29. The van der Waals surface area contributed by atoms with Crippen LogP contribution in [0, 0.1) is 0 Å². The Hall–Kier alpha value is -3.40. The zero-order valence-corrected chi connectivity index (χ0v) is 17.5. The second-order valence-corrected chi connectivity index (χ2v) is 8.89. The summed E-state index contributed by atoms with van der Waals surface area (Å²) in [6, 6.07) is 13.2. The molecular weight excluding hydrogens is 420 g/mol. The molecule has 2 N–H and O–H groups in total. The Labute approximate surface area is 178 Å². The van der Waals surface area contributed by atoms with Crippen LogP contribution in [0.2, 0.25) is 0 Å². The van der Waals surface area contributed by atoms with Crippen molar-refractivity contribution >= 4 is 38.6 Å². The number of nitrogens with zero attached hydrogens (tertiary/aromatic N) is 2. The molecule has 0 atom stereocenters. The summed E-state index contributed by atoms with van der Waals surface area (Å²) < 4.78 is 34.2. The van der Waals surface area contributed by atoms with E-state index in [1.54, 1.807) is 30.3 Å². The minimum absolute atomic E-state index is 0.0521. The molecule has 0 bridgehead atoms. The highest BCUT2D eigenvalue weighted by Gasteiger charge is 2.19. The Morgan fingerprint density at radius 1 is 1.16 bits per heavy atom. The third kappa shape index (κ3) is 4.85. The van der Waals surface area contributed by atoms with Crippen molar-refractivity contribution in [2.75, 3.05) is 11.9 Å². The number of rotatable bonds is 7. The van der Waals surface area contributed by atoms with Gasteiger partial charge in [0.15, 0.2) is 5.58 Å². The van der Waals surface area contributed by atoms with E-state index in [0.29, 0.717) is 48.6 Å². The lowest BCUT2D eigenvalue weighted by Gasteiger charge is -2.10. The molecule has 10 heteroatoms. The second-order valence-electron chi connectivity index (χ2n) is 7.20. The minimum Gasteiger partial charge on any atom is -0.408 e. The number of amides is 1. The van der Waals surface area contributed by atoms with Crippen LogP contribution in [0.5, 0.6) is 0 Å². The molecule has 0 spiro atoms. The van der Waals surface area contributed by atoms with E-state index < -0.39 is 15.8 Å². The van der Waals surface area contributed by atoms with E-state index in [1.807, 2.05) is 6.07 Å². The van der Waals surface area contributed by atoms with Gasteiger partial charge >= 0.3 is 5.76 Å². The number of carbonyl (C=O) groups excluding carboxylic acids is 1. The molecule has 2 aromatic carbocycles. The molecule has 4 rings (SSSR count). The molecule has 0 saturated heterocycles. The fraction of sp³-hybridized carbons (Fsp3) is 0.286. The largest absolute Gasteiger partial charge is 0.419 e. The molecule has 1 aliphatic heterocycles. The van der Waals surface area contributed by atoms with E-state index in [4.69, 9.17) is 4.42 Å². The van der Waals surface area contributed by atoms with Gasteiger partial charge in [0.05, 0.1) is 10.4 Å². The molecule has 9 nitrogen and oxygen atoms in total. The molecule has 31 heavy (non-hydrogen) atoms. The first kappa shape index (κ1) is 20.9. The van der Waals surface area contributed by atoms with Gasteiger partial charge in [-0.3, -0.25) is 19.1 Å². The van der Waals surface area contributed by atoms with Gasteiger partial charge in [0.2, 0.25) is 5.91 Å². The molecule has 1 aromatic heterocycles. The maximum atomic E-state index is 12.5. The van der Waals surface area contributed by atoms with Crippen molar-refractivity contribution in [1.82, 2.24) is 9.29 Å². The summed E-state index contributed by atoms with van der Waals surface area (Å²) >= 11 is 0. The van der Waals surface area contributed by atoms with Gasteiger partial charge in [0.25, 0.3) is 10.0 Å². The van der Waals surface area contributed by atoms with E-state index in [0.717, 1.165) is 6.42 Å². The van der Waals surface area contributed by atoms with Crippen molar-refractivity contribution in [3.8, 4) is 0 Å². The van der Waals surface area contributed by atoms with Crippen LogP contribution in [0.4, 0.5) is 5.69 Å². The molecule has 3 aromatic rings. The Bertz CT molecular complexity index is 1310. The molecule has 0 aliphatic carbocycles. The lowest BCUT2D eigenvalue weighted by molar-refractivity contribution is -0.116. The summed E-state index contributed by atoms with van der Waals surface area (Å²) in [5.74, 6) is -0.279. The third-order valence-electron chi connectivity index (χ3n) is 4.91. The molecule has 162 valence electrons. The number of benzene rings is 2. The first-order valence-electron chi connectivity index (χ1n) is 9.97. The number of hydrogen-bond donors (Lipinski definition) is 2. The summed E-state index contributed by atoms with van der Waals surface area (Å²) in [4.78, 5) is 28.5. The van der Waals surface area contributed by atoms with Crippen molar-refractivity contribution in [2.24, 2.45) is 4.99 Å². The van der Waals surface area contributed by atoms with Crippen LogP contribution in [0.3, 0.4) is 0 Å². The average molecular weight is 442 g/mol. The van der Waals surface area contributed by atoms with Crippen LogP contribution in [0.1, 0.15) is 25.7 Å². The average Bonchev–Trinajstić information content (AvgIpc) is 3.35. The fourth-order valence-electron chi connectivity index (χ4n) is 3.42. The Balaban J connectivity index is 1.36. The maximum Gasteiger partial charge on any atom is 0.419 e. The number of amidine groups is 1. The Morgan fingerprint density at radius 3 is 2.81 bits per heavy atom. The summed E-state index contributed by atoms with van der Waals surface area (Å²) in [5.41, 5.74) is 1.57. The number of nitrogens with one attached hydrogen (secondary N) is 2. The molecule has 1 amide bonds. The van der Waals surface area contributed by atoms with Crippen LogP contribution in [0.15, 0.2) is 67.6 Å². The van der Waals surface area contributed by atoms with Gasteiger partial charge in [-0.1, -0.05) is 18.2 Å². The van der Waals surface area contributed by atoms with Crippen LogP contribution in [-0.2, 0) is 21.4 Å². The summed E-state index contributed by atoms with van der Waals surface area (Å²) in [6.07, 6.45) is 2.02. The Kier molecular flexibility index (Phi) is 5.90. The fourth-order valence-corrected chi connectivity index (χ4v) is 4.56. The number of oxazole rings is 1. The predicted octanol–water partition coefficient (Wildman–Crippen LogP) is 2.48.